The molecule has 7 nitrogen and oxygen atoms in total. The minimum Gasteiger partial charge on any atom is -0.382 e. The highest BCUT2D eigenvalue weighted by molar-refractivity contribution is 6.36. The molecular formula is C16H10Cl4N6O. The molecule has 0 saturated heterocycles. The molecular weight excluding hydrogens is 434 g/mol. The van der Waals surface area contributed by atoms with Gasteiger partial charge >= 0.3 is 0 Å². The zero-order valence-corrected chi connectivity index (χ0v) is 16.4. The quantitative estimate of drug-likeness (QED) is 0.573. The summed E-state index contributed by atoms with van der Waals surface area (Å²) >= 11 is 24.9. The van der Waals surface area contributed by atoms with Gasteiger partial charge in [0.2, 0.25) is 11.6 Å². The van der Waals surface area contributed by atoms with Crippen LogP contribution in [0, 0.1) is 0 Å². The summed E-state index contributed by atoms with van der Waals surface area (Å²) in [6, 6.07) is 9.84. The van der Waals surface area contributed by atoms with Gasteiger partial charge in [-0.1, -0.05) is 46.4 Å². The molecule has 27 heavy (non-hydrogen) atoms. The number of nitrogens with two attached hydrogens (primary N) is 2. The zero-order chi connectivity index (χ0) is 19.3. The van der Waals surface area contributed by atoms with Crippen molar-refractivity contribution in [1.29, 1.82) is 0 Å². The summed E-state index contributed by atoms with van der Waals surface area (Å²) < 4.78 is 4.93. The molecule has 0 amide bonds. The van der Waals surface area contributed by atoms with Gasteiger partial charge in [0, 0.05) is 10.0 Å². The molecule has 11 heteroatoms. The van der Waals surface area contributed by atoms with Crippen LogP contribution in [0.4, 0.5) is 23.0 Å². The number of hydrogen-bond donors (Lipinski definition) is 2. The summed E-state index contributed by atoms with van der Waals surface area (Å²) in [5.41, 5.74) is 13.6. The van der Waals surface area contributed by atoms with E-state index in [1.54, 1.807) is 36.4 Å². The van der Waals surface area contributed by atoms with Crippen molar-refractivity contribution in [3.8, 4) is 0 Å². The Labute approximate surface area is 173 Å². The van der Waals surface area contributed by atoms with Gasteiger partial charge in [-0.05, 0) is 46.7 Å². The Morgan fingerprint density at radius 2 is 1.11 bits per heavy atom. The fourth-order valence-electron chi connectivity index (χ4n) is 2.72. The molecule has 3 aromatic rings. The Morgan fingerprint density at radius 1 is 0.704 bits per heavy atom. The second-order valence-corrected chi connectivity index (χ2v) is 7.23. The van der Waals surface area contributed by atoms with E-state index in [1.165, 1.54) is 9.80 Å². The standard InChI is InChI=1S/C16H10Cl4N6O/c17-7-1-3-9(19)11(5-7)25-13(21)14(22)26(16-15(25)23-27-24-16)12-6-8(18)2-4-10(12)20/h1-6H,21-22H2. The number of rotatable bonds is 2. The Kier molecular flexibility index (Phi) is 4.47. The lowest BCUT2D eigenvalue weighted by molar-refractivity contribution is 0.309. The smallest absolute Gasteiger partial charge is 0.229 e. The van der Waals surface area contributed by atoms with E-state index in [-0.39, 0.29) is 23.3 Å². The van der Waals surface area contributed by atoms with E-state index in [2.05, 4.69) is 10.3 Å². The van der Waals surface area contributed by atoms with Gasteiger partial charge in [-0.2, -0.15) is 0 Å². The molecule has 0 atom stereocenters. The van der Waals surface area contributed by atoms with Gasteiger partial charge in [-0.3, -0.25) is 9.80 Å². The van der Waals surface area contributed by atoms with Crippen LogP contribution >= 0.6 is 46.4 Å². The first kappa shape index (κ1) is 18.1. The van der Waals surface area contributed by atoms with Crippen LogP contribution in [0.1, 0.15) is 0 Å². The molecule has 0 bridgehead atoms. The molecule has 0 fully saturated rings. The first-order valence-electron chi connectivity index (χ1n) is 7.46. The van der Waals surface area contributed by atoms with Gasteiger partial charge in [0.15, 0.2) is 11.6 Å². The molecule has 0 spiro atoms. The Hall–Kier alpha value is -2.32. The van der Waals surface area contributed by atoms with Gasteiger partial charge in [0.05, 0.1) is 21.4 Å². The fourth-order valence-corrected chi connectivity index (χ4v) is 3.46. The highest BCUT2D eigenvalue weighted by atomic mass is 35.5. The Bertz CT molecular complexity index is 1000. The molecule has 1 aliphatic heterocycles. The average molecular weight is 444 g/mol. The predicted octanol–water partition coefficient (Wildman–Crippen LogP) is 5.02. The molecule has 0 unspecified atom stereocenters. The maximum Gasteiger partial charge on any atom is 0.229 e. The third-order valence-electron chi connectivity index (χ3n) is 3.92. The van der Waals surface area contributed by atoms with E-state index in [1.807, 2.05) is 0 Å². The van der Waals surface area contributed by atoms with E-state index in [0.29, 0.717) is 31.5 Å². The number of halogens is 4. The van der Waals surface area contributed by atoms with Gasteiger partial charge in [-0.15, -0.1) is 0 Å². The fraction of sp³-hybridized carbons (Fsp3) is 0. The lowest BCUT2D eigenvalue weighted by Gasteiger charge is -2.34. The molecule has 2 aromatic carbocycles. The number of fused-ring (bicyclic) bond motifs is 1. The first-order chi connectivity index (χ1) is 12.9. The number of aromatic nitrogens is 2. The maximum absolute atomic E-state index is 6.33. The van der Waals surface area contributed by atoms with Crippen molar-refractivity contribution in [3.05, 3.63) is 68.1 Å². The van der Waals surface area contributed by atoms with Crippen LogP contribution in [0.3, 0.4) is 0 Å². The monoisotopic (exact) mass is 442 g/mol. The molecule has 4 N–H and O–H groups in total. The second kappa shape index (κ2) is 6.69. The number of anilines is 4. The highest BCUT2D eigenvalue weighted by Gasteiger charge is 2.36. The molecule has 2 heterocycles. The lowest BCUT2D eigenvalue weighted by Crippen LogP contribution is -2.39. The van der Waals surface area contributed by atoms with Crippen molar-refractivity contribution in [2.45, 2.75) is 0 Å². The summed E-state index contributed by atoms with van der Waals surface area (Å²) in [6.07, 6.45) is 0. The molecule has 1 aromatic heterocycles. The largest absolute Gasteiger partial charge is 0.382 e. The second-order valence-electron chi connectivity index (χ2n) is 5.54. The minimum atomic E-state index is 0.137. The lowest BCUT2D eigenvalue weighted by atomic mass is 10.2. The molecule has 0 radical (unpaired) electrons. The van der Waals surface area contributed by atoms with Crippen molar-refractivity contribution < 1.29 is 4.63 Å². The number of benzene rings is 2. The van der Waals surface area contributed by atoms with Gasteiger partial charge < -0.3 is 11.5 Å². The zero-order valence-electron chi connectivity index (χ0n) is 13.3. The summed E-state index contributed by atoms with van der Waals surface area (Å²) in [5, 5.41) is 9.59. The first-order valence-corrected chi connectivity index (χ1v) is 8.98. The van der Waals surface area contributed by atoms with Crippen molar-refractivity contribution >= 4 is 69.4 Å². The minimum absolute atomic E-state index is 0.137. The summed E-state index contributed by atoms with van der Waals surface area (Å²) in [6.45, 7) is 0. The van der Waals surface area contributed by atoms with Crippen LogP contribution < -0.4 is 21.3 Å². The average Bonchev–Trinajstić information content (AvgIpc) is 3.10. The van der Waals surface area contributed by atoms with Gasteiger partial charge in [0.1, 0.15) is 0 Å². The maximum atomic E-state index is 6.33. The predicted molar refractivity (Wildman–Crippen MR) is 107 cm³/mol. The van der Waals surface area contributed by atoms with E-state index in [9.17, 15) is 0 Å². The van der Waals surface area contributed by atoms with Crippen molar-refractivity contribution in [2.24, 2.45) is 11.5 Å². The molecule has 1 aliphatic rings. The number of hydrogen-bond acceptors (Lipinski definition) is 7. The van der Waals surface area contributed by atoms with E-state index < -0.39 is 0 Å². The molecule has 138 valence electrons. The van der Waals surface area contributed by atoms with Crippen molar-refractivity contribution in [2.75, 3.05) is 9.80 Å². The van der Waals surface area contributed by atoms with Gasteiger partial charge in [0.25, 0.3) is 0 Å². The topological polar surface area (TPSA) is 97.4 Å². The SMILES string of the molecule is NC1=C(N)N(c2cc(Cl)ccc2Cl)c2nonc2N1c1cc(Cl)ccc1Cl. The van der Waals surface area contributed by atoms with Crippen LogP contribution in [0.25, 0.3) is 0 Å². The van der Waals surface area contributed by atoms with Crippen LogP contribution in [0.5, 0.6) is 0 Å². The van der Waals surface area contributed by atoms with Crippen molar-refractivity contribution in [3.63, 3.8) is 0 Å². The summed E-state index contributed by atoms with van der Waals surface area (Å²) in [7, 11) is 0. The van der Waals surface area contributed by atoms with E-state index >= 15 is 0 Å². The van der Waals surface area contributed by atoms with E-state index in [4.69, 9.17) is 62.5 Å². The van der Waals surface area contributed by atoms with Crippen LogP contribution in [-0.2, 0) is 0 Å². The highest BCUT2D eigenvalue weighted by Crippen LogP contribution is 2.46. The third-order valence-corrected chi connectivity index (χ3v) is 5.03. The Morgan fingerprint density at radius 3 is 1.52 bits per heavy atom. The molecule has 4 rings (SSSR count). The van der Waals surface area contributed by atoms with Crippen molar-refractivity contribution in [1.82, 2.24) is 10.3 Å². The summed E-state index contributed by atoms with van der Waals surface area (Å²) in [5.74, 6) is 0.806. The van der Waals surface area contributed by atoms with Crippen LogP contribution in [0.2, 0.25) is 20.1 Å². The van der Waals surface area contributed by atoms with Crippen LogP contribution in [0.15, 0.2) is 52.7 Å². The summed E-state index contributed by atoms with van der Waals surface area (Å²) in [4.78, 5) is 3.01. The number of nitrogens with zero attached hydrogens (tertiary/aromatic N) is 4. The molecule has 0 saturated carbocycles. The Balaban J connectivity index is 1.95. The van der Waals surface area contributed by atoms with Gasteiger partial charge in [-0.25, -0.2) is 4.63 Å². The van der Waals surface area contributed by atoms with Crippen LogP contribution in [-0.4, -0.2) is 10.3 Å². The normalized spacial score (nSPS) is 13.9. The molecule has 0 aliphatic carbocycles. The third kappa shape index (κ3) is 2.93. The van der Waals surface area contributed by atoms with E-state index in [0.717, 1.165) is 0 Å².